The van der Waals surface area contributed by atoms with Crippen LogP contribution in [0.15, 0.2) is 52.6 Å². The van der Waals surface area contributed by atoms with Crippen LogP contribution < -0.4 is 11.0 Å². The van der Waals surface area contributed by atoms with E-state index in [1.165, 1.54) is 17.1 Å². The van der Waals surface area contributed by atoms with E-state index in [1.807, 2.05) is 13.0 Å². The number of hydrogen-bond donors (Lipinski definition) is 2. The van der Waals surface area contributed by atoms with E-state index in [2.05, 4.69) is 20.6 Å². The Kier molecular flexibility index (Phi) is 4.99. The van der Waals surface area contributed by atoms with E-state index < -0.39 is 5.91 Å². The molecular formula is C18H16ClN5O2. The van der Waals surface area contributed by atoms with Crippen LogP contribution >= 0.6 is 11.6 Å². The molecule has 0 saturated carbocycles. The summed E-state index contributed by atoms with van der Waals surface area (Å²) in [6.45, 7) is 3.63. The summed E-state index contributed by atoms with van der Waals surface area (Å²) in [5, 5.41) is 7.41. The summed E-state index contributed by atoms with van der Waals surface area (Å²) in [4.78, 5) is 28.4. The molecule has 2 heterocycles. The molecule has 8 heteroatoms. The Morgan fingerprint density at radius 2 is 2.15 bits per heavy atom. The van der Waals surface area contributed by atoms with E-state index >= 15 is 0 Å². The van der Waals surface area contributed by atoms with Crippen molar-refractivity contribution in [3.8, 4) is 5.69 Å². The minimum atomic E-state index is -0.409. The van der Waals surface area contributed by atoms with E-state index in [-0.39, 0.29) is 5.56 Å². The van der Waals surface area contributed by atoms with Crippen molar-refractivity contribution in [2.45, 2.75) is 13.8 Å². The van der Waals surface area contributed by atoms with Gasteiger partial charge in [0, 0.05) is 23.1 Å². The van der Waals surface area contributed by atoms with Crippen LogP contribution in [0.5, 0.6) is 0 Å². The molecule has 7 nitrogen and oxygen atoms in total. The van der Waals surface area contributed by atoms with Gasteiger partial charge >= 0.3 is 0 Å². The van der Waals surface area contributed by atoms with Gasteiger partial charge in [-0.15, -0.1) is 0 Å². The van der Waals surface area contributed by atoms with Crippen molar-refractivity contribution in [1.82, 2.24) is 20.2 Å². The average molecular weight is 370 g/mol. The van der Waals surface area contributed by atoms with Gasteiger partial charge < -0.3 is 0 Å². The summed E-state index contributed by atoms with van der Waals surface area (Å²) in [7, 11) is 0. The lowest BCUT2D eigenvalue weighted by molar-refractivity contribution is 0.0955. The zero-order valence-electron chi connectivity index (χ0n) is 14.2. The monoisotopic (exact) mass is 369 g/mol. The number of aromatic amines is 1. The number of carbonyl (C=O) groups excluding carboxylic acids is 1. The number of pyridine rings is 1. The Labute approximate surface area is 154 Å². The maximum Gasteiger partial charge on any atom is 0.280 e. The molecular weight excluding hydrogens is 354 g/mol. The minimum Gasteiger partial charge on any atom is -0.295 e. The predicted octanol–water partition coefficient (Wildman–Crippen LogP) is 2.59. The number of halogens is 1. The fourth-order valence-electron chi connectivity index (χ4n) is 2.33. The molecule has 0 radical (unpaired) electrons. The van der Waals surface area contributed by atoms with Crippen molar-refractivity contribution in [1.29, 1.82) is 0 Å². The summed E-state index contributed by atoms with van der Waals surface area (Å²) in [6, 6.07) is 8.61. The lowest BCUT2D eigenvalue weighted by Crippen LogP contribution is -2.20. The van der Waals surface area contributed by atoms with Gasteiger partial charge in [-0.05, 0) is 43.7 Å². The third kappa shape index (κ3) is 3.57. The van der Waals surface area contributed by atoms with Crippen molar-refractivity contribution in [2.75, 3.05) is 0 Å². The van der Waals surface area contributed by atoms with Crippen LogP contribution in [0.2, 0.25) is 5.02 Å². The Balaban J connectivity index is 1.83. The van der Waals surface area contributed by atoms with Gasteiger partial charge in [0.2, 0.25) is 0 Å². The number of nitrogens with zero attached hydrogens (tertiary/aromatic N) is 3. The molecule has 0 spiro atoms. The van der Waals surface area contributed by atoms with E-state index in [0.717, 1.165) is 5.56 Å². The molecule has 26 heavy (non-hydrogen) atoms. The van der Waals surface area contributed by atoms with Crippen LogP contribution in [0.1, 0.15) is 27.2 Å². The number of nitrogens with one attached hydrogen (secondary N) is 2. The number of carbonyl (C=O) groups is 1. The molecule has 3 rings (SSSR count). The summed E-state index contributed by atoms with van der Waals surface area (Å²) in [6.07, 6.45) is 4.32. The number of rotatable bonds is 4. The molecule has 2 N–H and O–H groups in total. The van der Waals surface area contributed by atoms with Crippen LogP contribution in [0.3, 0.4) is 0 Å². The normalized spacial score (nSPS) is 11.0. The number of benzene rings is 1. The molecule has 2 aromatic heterocycles. The van der Waals surface area contributed by atoms with Gasteiger partial charge in [-0.25, -0.2) is 10.1 Å². The first-order valence-corrected chi connectivity index (χ1v) is 8.16. The first-order valence-electron chi connectivity index (χ1n) is 7.79. The Morgan fingerprint density at radius 3 is 2.85 bits per heavy atom. The van der Waals surface area contributed by atoms with Gasteiger partial charge in [-0.3, -0.25) is 19.7 Å². The van der Waals surface area contributed by atoms with Gasteiger partial charge in [0.05, 0.1) is 23.0 Å². The smallest absolute Gasteiger partial charge is 0.280 e. The van der Waals surface area contributed by atoms with Crippen molar-refractivity contribution >= 4 is 23.7 Å². The molecule has 0 unspecified atom stereocenters. The molecule has 1 aromatic carbocycles. The molecule has 0 bridgehead atoms. The summed E-state index contributed by atoms with van der Waals surface area (Å²) in [5.74, 6) is -0.409. The van der Waals surface area contributed by atoms with Crippen LogP contribution in [-0.4, -0.2) is 26.9 Å². The molecule has 0 aliphatic heterocycles. The van der Waals surface area contributed by atoms with E-state index in [0.29, 0.717) is 27.5 Å². The van der Waals surface area contributed by atoms with Crippen LogP contribution in [-0.2, 0) is 0 Å². The maximum atomic E-state index is 12.6. The quantitative estimate of drug-likeness (QED) is 0.547. The highest BCUT2D eigenvalue weighted by molar-refractivity contribution is 6.31. The van der Waals surface area contributed by atoms with Crippen LogP contribution in [0, 0.1) is 13.8 Å². The van der Waals surface area contributed by atoms with Crippen molar-refractivity contribution in [3.63, 3.8) is 0 Å². The molecule has 0 fully saturated rings. The molecule has 0 atom stereocenters. The Hall–Kier alpha value is -3.19. The highest BCUT2D eigenvalue weighted by Gasteiger charge is 2.12. The molecule has 0 aliphatic rings. The third-order valence-electron chi connectivity index (χ3n) is 3.81. The Morgan fingerprint density at radius 1 is 1.35 bits per heavy atom. The lowest BCUT2D eigenvalue weighted by Gasteiger charge is -2.04. The summed E-state index contributed by atoms with van der Waals surface area (Å²) in [5.41, 5.74) is 4.96. The van der Waals surface area contributed by atoms with Gasteiger partial charge in [0.1, 0.15) is 0 Å². The topological polar surface area (TPSA) is 92.1 Å². The van der Waals surface area contributed by atoms with Crippen molar-refractivity contribution in [2.24, 2.45) is 5.10 Å². The van der Waals surface area contributed by atoms with Crippen molar-refractivity contribution in [3.05, 3.63) is 80.5 Å². The largest absolute Gasteiger partial charge is 0.295 e. The molecule has 1 amide bonds. The highest BCUT2D eigenvalue weighted by Crippen LogP contribution is 2.18. The second kappa shape index (κ2) is 7.37. The number of hydrazone groups is 1. The standard InChI is InChI=1S/C18H16ClN5O2/c1-11-5-6-14(8-16(11)19)24-18(26)15(12(2)23-24)10-21-22-17(25)13-4-3-7-20-9-13/h3-10,23H,1-2H3,(H,22,25)/b21-10+. The first-order chi connectivity index (χ1) is 12.5. The number of H-pyrrole nitrogens is 1. The molecule has 0 saturated heterocycles. The fourth-order valence-corrected chi connectivity index (χ4v) is 2.51. The van der Waals surface area contributed by atoms with E-state index in [4.69, 9.17) is 11.6 Å². The second-order valence-corrected chi connectivity index (χ2v) is 6.07. The zero-order valence-corrected chi connectivity index (χ0v) is 14.9. The second-order valence-electron chi connectivity index (χ2n) is 5.67. The number of aryl methyl sites for hydroxylation is 2. The zero-order chi connectivity index (χ0) is 18.7. The molecule has 3 aromatic rings. The average Bonchev–Trinajstić information content (AvgIpc) is 2.93. The minimum absolute atomic E-state index is 0.290. The molecule has 132 valence electrons. The summed E-state index contributed by atoms with van der Waals surface area (Å²) < 4.78 is 1.38. The fraction of sp³-hybridized carbons (Fsp3) is 0.111. The number of hydrogen-bond acceptors (Lipinski definition) is 4. The third-order valence-corrected chi connectivity index (χ3v) is 4.22. The van der Waals surface area contributed by atoms with E-state index in [9.17, 15) is 9.59 Å². The van der Waals surface area contributed by atoms with Gasteiger partial charge in [-0.1, -0.05) is 17.7 Å². The molecule has 0 aliphatic carbocycles. The van der Waals surface area contributed by atoms with E-state index in [1.54, 1.807) is 37.4 Å². The van der Waals surface area contributed by atoms with Crippen molar-refractivity contribution < 1.29 is 4.79 Å². The SMILES string of the molecule is Cc1ccc(-n2[nH]c(C)c(/C=N/NC(=O)c3cccnc3)c2=O)cc1Cl. The lowest BCUT2D eigenvalue weighted by atomic mass is 10.2. The Bertz CT molecular complexity index is 1040. The first kappa shape index (κ1) is 17.6. The van der Waals surface area contributed by atoms with Crippen LogP contribution in [0.4, 0.5) is 0 Å². The summed E-state index contributed by atoms with van der Waals surface area (Å²) >= 11 is 6.13. The number of amides is 1. The predicted molar refractivity (Wildman–Crippen MR) is 100 cm³/mol. The maximum absolute atomic E-state index is 12.6. The highest BCUT2D eigenvalue weighted by atomic mass is 35.5. The van der Waals surface area contributed by atoms with Gasteiger partial charge in [0.15, 0.2) is 0 Å². The van der Waals surface area contributed by atoms with Gasteiger partial charge in [0.25, 0.3) is 11.5 Å². The number of aromatic nitrogens is 3. The van der Waals surface area contributed by atoms with Crippen LogP contribution in [0.25, 0.3) is 5.69 Å². The van der Waals surface area contributed by atoms with Gasteiger partial charge in [-0.2, -0.15) is 5.10 Å².